The van der Waals surface area contributed by atoms with Gasteiger partial charge >= 0.3 is 0 Å². The third kappa shape index (κ3) is 4.46. The van der Waals surface area contributed by atoms with Gasteiger partial charge < -0.3 is 14.8 Å². The first-order valence-corrected chi connectivity index (χ1v) is 9.66. The third-order valence-electron chi connectivity index (χ3n) is 4.79. The van der Waals surface area contributed by atoms with E-state index in [0.717, 1.165) is 16.9 Å². The number of nitrogens with one attached hydrogen (secondary N) is 1. The molecule has 1 amide bonds. The molecule has 30 heavy (non-hydrogen) atoms. The number of nitrogens with zero attached hydrogens (tertiary/aromatic N) is 2. The van der Waals surface area contributed by atoms with Crippen LogP contribution in [0.1, 0.15) is 22.8 Å². The maximum atomic E-state index is 12.1. The monoisotopic (exact) mass is 403 g/mol. The summed E-state index contributed by atoms with van der Waals surface area (Å²) < 4.78 is 11.5. The number of carbonyl (C=O) groups excluding carboxylic acids is 2. The Hall–Kier alpha value is -3.74. The Labute approximate surface area is 174 Å². The van der Waals surface area contributed by atoms with E-state index in [-0.39, 0.29) is 24.4 Å². The number of amides is 1. The SMILES string of the molecule is CC(=O)c1ccc(OCC(=O)NCC2Cc3cccc(-c4ncccn4)c3O2)cc1. The number of aromatic nitrogens is 2. The predicted octanol–water partition coefficient (Wildman–Crippen LogP) is 2.84. The van der Waals surface area contributed by atoms with E-state index in [4.69, 9.17) is 9.47 Å². The Morgan fingerprint density at radius 1 is 1.10 bits per heavy atom. The molecule has 152 valence electrons. The van der Waals surface area contributed by atoms with Gasteiger partial charge in [-0.3, -0.25) is 9.59 Å². The van der Waals surface area contributed by atoms with Gasteiger partial charge in [0.05, 0.1) is 12.1 Å². The van der Waals surface area contributed by atoms with Crippen molar-refractivity contribution in [2.24, 2.45) is 0 Å². The average Bonchev–Trinajstić information content (AvgIpc) is 3.20. The molecule has 4 rings (SSSR count). The van der Waals surface area contributed by atoms with Crippen molar-refractivity contribution in [2.75, 3.05) is 13.2 Å². The molecule has 0 spiro atoms. The second-order valence-corrected chi connectivity index (χ2v) is 6.98. The first-order chi connectivity index (χ1) is 14.6. The van der Waals surface area contributed by atoms with E-state index in [9.17, 15) is 9.59 Å². The Bertz CT molecular complexity index is 1050. The molecule has 1 unspecified atom stereocenters. The largest absolute Gasteiger partial charge is 0.487 e. The van der Waals surface area contributed by atoms with Crippen LogP contribution in [0.2, 0.25) is 0 Å². The van der Waals surface area contributed by atoms with Crippen molar-refractivity contribution in [2.45, 2.75) is 19.4 Å². The van der Waals surface area contributed by atoms with Gasteiger partial charge in [0.25, 0.3) is 5.91 Å². The number of carbonyl (C=O) groups is 2. The molecule has 0 saturated heterocycles. The molecule has 2 heterocycles. The predicted molar refractivity (Wildman–Crippen MR) is 111 cm³/mol. The molecule has 0 radical (unpaired) electrons. The van der Waals surface area contributed by atoms with Crippen LogP contribution in [0.3, 0.4) is 0 Å². The van der Waals surface area contributed by atoms with Crippen LogP contribution in [-0.4, -0.2) is 40.9 Å². The Balaban J connectivity index is 1.29. The molecule has 0 saturated carbocycles. The molecule has 0 bridgehead atoms. The molecule has 7 heteroatoms. The van der Waals surface area contributed by atoms with Crippen LogP contribution in [-0.2, 0) is 11.2 Å². The molecule has 1 N–H and O–H groups in total. The van der Waals surface area contributed by atoms with Gasteiger partial charge in [0.1, 0.15) is 17.6 Å². The van der Waals surface area contributed by atoms with Crippen molar-refractivity contribution >= 4 is 11.7 Å². The number of benzene rings is 2. The first kappa shape index (κ1) is 19.6. The lowest BCUT2D eigenvalue weighted by atomic mass is 10.1. The fourth-order valence-electron chi connectivity index (χ4n) is 3.28. The van der Waals surface area contributed by atoms with E-state index in [1.807, 2.05) is 18.2 Å². The highest BCUT2D eigenvalue weighted by atomic mass is 16.5. The van der Waals surface area contributed by atoms with Crippen molar-refractivity contribution in [3.8, 4) is 22.9 Å². The van der Waals surface area contributed by atoms with Crippen molar-refractivity contribution < 1.29 is 19.1 Å². The quantitative estimate of drug-likeness (QED) is 0.610. The summed E-state index contributed by atoms with van der Waals surface area (Å²) in [5.74, 6) is 1.66. The van der Waals surface area contributed by atoms with E-state index in [0.29, 0.717) is 30.1 Å². The van der Waals surface area contributed by atoms with Crippen molar-refractivity contribution in [1.29, 1.82) is 0 Å². The Kier molecular flexibility index (Phi) is 5.70. The fourth-order valence-corrected chi connectivity index (χ4v) is 3.28. The molecule has 1 aliphatic rings. The normalized spacial score (nSPS) is 14.5. The summed E-state index contributed by atoms with van der Waals surface area (Å²) in [5.41, 5.74) is 2.52. The Morgan fingerprint density at radius 2 is 1.87 bits per heavy atom. The summed E-state index contributed by atoms with van der Waals surface area (Å²) in [6, 6.07) is 14.4. The summed E-state index contributed by atoms with van der Waals surface area (Å²) in [6.07, 6.45) is 3.93. The van der Waals surface area contributed by atoms with Crippen LogP contribution in [0, 0.1) is 0 Å². The minimum absolute atomic E-state index is 0.0150. The maximum Gasteiger partial charge on any atom is 0.258 e. The van der Waals surface area contributed by atoms with Gasteiger partial charge in [-0.15, -0.1) is 0 Å². The number of hydrogen-bond donors (Lipinski definition) is 1. The van der Waals surface area contributed by atoms with Crippen LogP contribution in [0.4, 0.5) is 0 Å². The second kappa shape index (κ2) is 8.73. The number of ether oxygens (including phenoxy) is 2. The lowest BCUT2D eigenvalue weighted by molar-refractivity contribution is -0.123. The molecular formula is C23H21N3O4. The standard InChI is InChI=1S/C23H21N3O4/c1-15(27)16-6-8-18(9-7-16)29-14-21(28)26-13-19-12-17-4-2-5-20(22(17)30-19)23-24-10-3-11-25-23/h2-11,19H,12-14H2,1H3,(H,26,28). The zero-order chi connectivity index (χ0) is 20.9. The van der Waals surface area contributed by atoms with Crippen LogP contribution in [0.25, 0.3) is 11.4 Å². The van der Waals surface area contributed by atoms with Crippen LogP contribution >= 0.6 is 0 Å². The number of hydrogen-bond acceptors (Lipinski definition) is 6. The van der Waals surface area contributed by atoms with Gasteiger partial charge in [-0.1, -0.05) is 12.1 Å². The summed E-state index contributed by atoms with van der Waals surface area (Å²) in [4.78, 5) is 32.0. The zero-order valence-corrected chi connectivity index (χ0v) is 16.5. The maximum absolute atomic E-state index is 12.1. The highest BCUT2D eigenvalue weighted by molar-refractivity contribution is 5.94. The summed E-state index contributed by atoms with van der Waals surface area (Å²) in [5, 5.41) is 2.84. The zero-order valence-electron chi connectivity index (χ0n) is 16.5. The fraction of sp³-hybridized carbons (Fsp3) is 0.217. The molecular weight excluding hydrogens is 382 g/mol. The highest BCUT2D eigenvalue weighted by Crippen LogP contribution is 2.37. The number of ketones is 1. The first-order valence-electron chi connectivity index (χ1n) is 9.66. The van der Waals surface area contributed by atoms with Gasteiger partial charge in [0.2, 0.25) is 0 Å². The molecule has 3 aromatic rings. The van der Waals surface area contributed by atoms with Crippen molar-refractivity contribution in [3.05, 3.63) is 72.1 Å². The summed E-state index contributed by atoms with van der Waals surface area (Å²) >= 11 is 0. The molecule has 1 atom stereocenters. The highest BCUT2D eigenvalue weighted by Gasteiger charge is 2.26. The molecule has 7 nitrogen and oxygen atoms in total. The van der Waals surface area contributed by atoms with E-state index < -0.39 is 0 Å². The van der Waals surface area contributed by atoms with E-state index in [1.54, 1.807) is 42.7 Å². The molecule has 0 fully saturated rings. The van der Waals surface area contributed by atoms with Gasteiger partial charge in [0, 0.05) is 24.4 Å². The van der Waals surface area contributed by atoms with Gasteiger partial charge in [-0.2, -0.15) is 0 Å². The number of fused-ring (bicyclic) bond motifs is 1. The lowest BCUT2D eigenvalue weighted by Crippen LogP contribution is -2.37. The van der Waals surface area contributed by atoms with Gasteiger partial charge in [-0.05, 0) is 48.9 Å². The third-order valence-corrected chi connectivity index (χ3v) is 4.79. The smallest absolute Gasteiger partial charge is 0.258 e. The lowest BCUT2D eigenvalue weighted by Gasteiger charge is -2.13. The summed E-state index contributed by atoms with van der Waals surface area (Å²) in [7, 11) is 0. The number of rotatable bonds is 7. The van der Waals surface area contributed by atoms with Crippen LogP contribution in [0.15, 0.2) is 60.9 Å². The van der Waals surface area contributed by atoms with Crippen LogP contribution in [0.5, 0.6) is 11.5 Å². The molecule has 1 aliphatic heterocycles. The summed E-state index contributed by atoms with van der Waals surface area (Å²) in [6.45, 7) is 1.76. The number of Topliss-reactive ketones (excluding diaryl/α,β-unsaturated/α-hetero) is 1. The van der Waals surface area contributed by atoms with Gasteiger partial charge in [-0.25, -0.2) is 9.97 Å². The minimum Gasteiger partial charge on any atom is -0.487 e. The number of para-hydroxylation sites is 1. The van der Waals surface area contributed by atoms with Crippen molar-refractivity contribution in [1.82, 2.24) is 15.3 Å². The van der Waals surface area contributed by atoms with Crippen LogP contribution < -0.4 is 14.8 Å². The topological polar surface area (TPSA) is 90.4 Å². The van der Waals surface area contributed by atoms with E-state index in [2.05, 4.69) is 15.3 Å². The van der Waals surface area contributed by atoms with Crippen molar-refractivity contribution in [3.63, 3.8) is 0 Å². The molecule has 0 aliphatic carbocycles. The average molecular weight is 403 g/mol. The van der Waals surface area contributed by atoms with E-state index >= 15 is 0 Å². The second-order valence-electron chi connectivity index (χ2n) is 6.98. The Morgan fingerprint density at radius 3 is 2.60 bits per heavy atom. The molecule has 2 aromatic carbocycles. The van der Waals surface area contributed by atoms with E-state index in [1.165, 1.54) is 6.92 Å². The minimum atomic E-state index is -0.239. The molecule has 1 aromatic heterocycles. The van der Waals surface area contributed by atoms with Gasteiger partial charge in [0.15, 0.2) is 18.2 Å².